The highest BCUT2D eigenvalue weighted by atomic mass is 35.5. The molecule has 2 N–H and O–H groups in total. The second-order valence-corrected chi connectivity index (χ2v) is 5.11. The number of benzene rings is 1. The molecule has 0 aliphatic carbocycles. The molecule has 0 spiro atoms. The molecule has 0 saturated carbocycles. The standard InChI is InChI=1S/C12H16Cl2N2O2/c1-7(6-16(2)3)18-12(17)10-8(13)4-5-9(14)11(10)15/h4-5,7H,6,15H2,1-3H3. The van der Waals surface area contributed by atoms with Crippen LogP contribution in [0.3, 0.4) is 0 Å². The SMILES string of the molecule is CC(CN(C)C)OC(=O)c1c(Cl)ccc(Cl)c1N. The molecule has 0 saturated heterocycles. The molecule has 0 radical (unpaired) electrons. The van der Waals surface area contributed by atoms with Gasteiger partial charge in [-0.1, -0.05) is 23.2 Å². The Balaban J connectivity index is 2.88. The molecular formula is C12H16Cl2N2O2. The fourth-order valence-electron chi connectivity index (χ4n) is 1.57. The Morgan fingerprint density at radius 2 is 1.94 bits per heavy atom. The van der Waals surface area contributed by atoms with Crippen LogP contribution in [0, 0.1) is 0 Å². The van der Waals surface area contributed by atoms with Gasteiger partial charge in [-0.25, -0.2) is 4.79 Å². The summed E-state index contributed by atoms with van der Waals surface area (Å²) < 4.78 is 5.26. The van der Waals surface area contributed by atoms with Gasteiger partial charge >= 0.3 is 5.97 Å². The first kappa shape index (κ1) is 15.1. The van der Waals surface area contributed by atoms with Gasteiger partial charge in [-0.05, 0) is 33.2 Å². The molecule has 1 rings (SSSR count). The van der Waals surface area contributed by atoms with Gasteiger partial charge in [0.25, 0.3) is 0 Å². The zero-order valence-corrected chi connectivity index (χ0v) is 12.0. The van der Waals surface area contributed by atoms with Gasteiger partial charge in [-0.15, -0.1) is 0 Å². The minimum Gasteiger partial charge on any atom is -0.458 e. The molecule has 0 amide bonds. The molecular weight excluding hydrogens is 275 g/mol. The molecule has 1 unspecified atom stereocenters. The Labute approximate surface area is 117 Å². The first-order valence-electron chi connectivity index (χ1n) is 5.42. The second kappa shape index (κ2) is 6.27. The number of likely N-dealkylation sites (N-methyl/N-ethyl adjacent to an activating group) is 1. The van der Waals surface area contributed by atoms with Crippen LogP contribution in [0.4, 0.5) is 5.69 Å². The number of rotatable bonds is 4. The van der Waals surface area contributed by atoms with Crippen LogP contribution in [0.1, 0.15) is 17.3 Å². The lowest BCUT2D eigenvalue weighted by molar-refractivity contribution is 0.0290. The van der Waals surface area contributed by atoms with Gasteiger partial charge in [0.15, 0.2) is 0 Å². The van der Waals surface area contributed by atoms with Crippen molar-refractivity contribution in [1.82, 2.24) is 4.90 Å². The molecule has 18 heavy (non-hydrogen) atoms. The summed E-state index contributed by atoms with van der Waals surface area (Å²) in [4.78, 5) is 13.9. The first-order valence-corrected chi connectivity index (χ1v) is 6.17. The Hall–Kier alpha value is -0.970. The van der Waals surface area contributed by atoms with Gasteiger partial charge in [0.05, 0.1) is 15.7 Å². The number of nitrogens with zero attached hydrogens (tertiary/aromatic N) is 1. The lowest BCUT2D eigenvalue weighted by Gasteiger charge is -2.18. The van der Waals surface area contributed by atoms with Crippen molar-refractivity contribution < 1.29 is 9.53 Å². The number of halogens is 2. The van der Waals surface area contributed by atoms with Gasteiger partial charge in [0.1, 0.15) is 11.7 Å². The molecule has 4 nitrogen and oxygen atoms in total. The second-order valence-electron chi connectivity index (χ2n) is 4.30. The summed E-state index contributed by atoms with van der Waals surface area (Å²) in [6.07, 6.45) is -0.262. The van der Waals surface area contributed by atoms with E-state index in [-0.39, 0.29) is 27.4 Å². The molecule has 1 atom stereocenters. The third-order valence-corrected chi connectivity index (χ3v) is 2.92. The summed E-state index contributed by atoms with van der Waals surface area (Å²) in [6, 6.07) is 3.06. The number of carbonyl (C=O) groups excluding carboxylic acids is 1. The molecule has 0 bridgehead atoms. The monoisotopic (exact) mass is 290 g/mol. The Morgan fingerprint density at radius 3 is 2.50 bits per heavy atom. The number of nitrogens with two attached hydrogens (primary N) is 1. The van der Waals surface area contributed by atoms with E-state index in [1.807, 2.05) is 19.0 Å². The van der Waals surface area contributed by atoms with E-state index in [4.69, 9.17) is 33.7 Å². The Kier molecular flexibility index (Phi) is 5.26. The summed E-state index contributed by atoms with van der Waals surface area (Å²) in [6.45, 7) is 2.41. The number of anilines is 1. The first-order chi connectivity index (χ1) is 8.32. The minimum absolute atomic E-state index is 0.120. The zero-order chi connectivity index (χ0) is 13.9. The summed E-state index contributed by atoms with van der Waals surface area (Å²) in [5, 5.41) is 0.519. The van der Waals surface area contributed by atoms with Crippen LogP contribution >= 0.6 is 23.2 Å². The molecule has 0 aliphatic heterocycles. The minimum atomic E-state index is -0.561. The van der Waals surface area contributed by atoms with Gasteiger partial charge < -0.3 is 15.4 Å². The van der Waals surface area contributed by atoms with Crippen LogP contribution in [0.15, 0.2) is 12.1 Å². The Morgan fingerprint density at radius 1 is 1.39 bits per heavy atom. The molecule has 0 fully saturated rings. The van der Waals surface area contributed by atoms with Gasteiger partial charge in [-0.3, -0.25) is 0 Å². The predicted molar refractivity (Wildman–Crippen MR) is 74.3 cm³/mol. The highest BCUT2D eigenvalue weighted by molar-refractivity contribution is 6.38. The van der Waals surface area contributed by atoms with Crippen LogP contribution in [-0.2, 0) is 4.74 Å². The van der Waals surface area contributed by atoms with Gasteiger partial charge in [0.2, 0.25) is 0 Å². The lowest BCUT2D eigenvalue weighted by Crippen LogP contribution is -2.28. The van der Waals surface area contributed by atoms with Crippen molar-refractivity contribution in [1.29, 1.82) is 0 Å². The van der Waals surface area contributed by atoms with Crippen molar-refractivity contribution in [3.63, 3.8) is 0 Å². The van der Waals surface area contributed by atoms with E-state index < -0.39 is 5.97 Å². The van der Waals surface area contributed by atoms with Gasteiger partial charge in [-0.2, -0.15) is 0 Å². The van der Waals surface area contributed by atoms with Crippen molar-refractivity contribution in [2.24, 2.45) is 0 Å². The maximum absolute atomic E-state index is 12.0. The fraction of sp³-hybridized carbons (Fsp3) is 0.417. The van der Waals surface area contributed by atoms with Crippen LogP contribution in [0.5, 0.6) is 0 Å². The Bertz CT molecular complexity index is 450. The van der Waals surface area contributed by atoms with Crippen molar-refractivity contribution >= 4 is 34.9 Å². The quantitative estimate of drug-likeness (QED) is 0.684. The third kappa shape index (κ3) is 3.77. The van der Waals surface area contributed by atoms with E-state index in [1.54, 1.807) is 13.0 Å². The van der Waals surface area contributed by atoms with E-state index in [2.05, 4.69) is 0 Å². The molecule has 1 aromatic carbocycles. The van der Waals surface area contributed by atoms with Crippen LogP contribution in [0.2, 0.25) is 10.0 Å². The van der Waals surface area contributed by atoms with Crippen LogP contribution in [0.25, 0.3) is 0 Å². The summed E-state index contributed by atoms with van der Waals surface area (Å²) in [5.74, 6) is -0.561. The van der Waals surface area contributed by atoms with E-state index >= 15 is 0 Å². The highest BCUT2D eigenvalue weighted by Crippen LogP contribution is 2.30. The van der Waals surface area contributed by atoms with Crippen molar-refractivity contribution in [3.8, 4) is 0 Å². The van der Waals surface area contributed by atoms with Crippen LogP contribution < -0.4 is 5.73 Å². The number of nitrogen functional groups attached to an aromatic ring is 1. The van der Waals surface area contributed by atoms with Crippen LogP contribution in [-0.4, -0.2) is 37.6 Å². The lowest BCUT2D eigenvalue weighted by atomic mass is 10.2. The van der Waals surface area contributed by atoms with E-state index in [0.717, 1.165) is 0 Å². The molecule has 0 aromatic heterocycles. The van der Waals surface area contributed by atoms with E-state index in [0.29, 0.717) is 6.54 Å². The van der Waals surface area contributed by atoms with E-state index in [1.165, 1.54) is 6.07 Å². The maximum atomic E-state index is 12.0. The summed E-state index contributed by atoms with van der Waals surface area (Å²) in [5.41, 5.74) is 6.00. The topological polar surface area (TPSA) is 55.6 Å². The average Bonchev–Trinajstić information content (AvgIpc) is 2.22. The normalized spacial score (nSPS) is 12.6. The number of hydrogen-bond donors (Lipinski definition) is 1. The molecule has 0 heterocycles. The number of ether oxygens (including phenoxy) is 1. The molecule has 1 aromatic rings. The largest absolute Gasteiger partial charge is 0.458 e. The van der Waals surface area contributed by atoms with Crippen molar-refractivity contribution in [2.45, 2.75) is 13.0 Å². The fourth-order valence-corrected chi connectivity index (χ4v) is 1.97. The summed E-state index contributed by atoms with van der Waals surface area (Å²) in [7, 11) is 3.79. The third-order valence-electron chi connectivity index (χ3n) is 2.28. The number of carbonyl (C=O) groups is 1. The molecule has 0 aliphatic rings. The number of esters is 1. The zero-order valence-electron chi connectivity index (χ0n) is 10.5. The molecule has 6 heteroatoms. The highest BCUT2D eigenvalue weighted by Gasteiger charge is 2.20. The predicted octanol–water partition coefficient (Wildman–Crippen LogP) is 2.68. The summed E-state index contributed by atoms with van der Waals surface area (Å²) >= 11 is 11.8. The maximum Gasteiger partial charge on any atom is 0.342 e. The smallest absolute Gasteiger partial charge is 0.342 e. The average molecular weight is 291 g/mol. The van der Waals surface area contributed by atoms with Crippen molar-refractivity contribution in [3.05, 3.63) is 27.7 Å². The number of hydrogen-bond acceptors (Lipinski definition) is 4. The molecule has 100 valence electrons. The van der Waals surface area contributed by atoms with E-state index in [9.17, 15) is 4.79 Å². The van der Waals surface area contributed by atoms with Gasteiger partial charge in [0, 0.05) is 6.54 Å². The van der Waals surface area contributed by atoms with Crippen molar-refractivity contribution in [2.75, 3.05) is 26.4 Å².